The van der Waals surface area contributed by atoms with E-state index in [9.17, 15) is 14.4 Å². The Balaban J connectivity index is 1.53. The quantitative estimate of drug-likeness (QED) is 0.364. The second-order valence-corrected chi connectivity index (χ2v) is 9.21. The average Bonchev–Trinajstić information content (AvgIpc) is 3.15. The number of fused-ring (bicyclic) bond motifs is 2. The number of benzene rings is 1. The molecule has 0 unspecified atom stereocenters. The van der Waals surface area contributed by atoms with Crippen molar-refractivity contribution >= 4 is 50.8 Å². The number of esters is 1. The topological polar surface area (TPSA) is 94.8 Å². The molecule has 0 radical (unpaired) electrons. The average molecular weight is 490 g/mol. The smallest absolute Gasteiger partial charge is 0.341 e. The Hall–Kier alpha value is -2.84. The number of carbonyl (C=O) groups excluding carboxylic acids is 2. The van der Waals surface area contributed by atoms with E-state index in [4.69, 9.17) is 25.5 Å². The van der Waals surface area contributed by atoms with Crippen molar-refractivity contribution in [3.05, 3.63) is 55.2 Å². The van der Waals surface area contributed by atoms with Gasteiger partial charge in [0.25, 0.3) is 5.91 Å². The lowest BCUT2D eigenvalue weighted by atomic mass is 9.95. The summed E-state index contributed by atoms with van der Waals surface area (Å²) >= 11 is 7.76. The lowest BCUT2D eigenvalue weighted by Crippen LogP contribution is -2.21. The summed E-state index contributed by atoms with van der Waals surface area (Å²) in [7, 11) is 0. The number of rotatable bonds is 7. The molecule has 0 bridgehead atoms. The monoisotopic (exact) mass is 489 g/mol. The molecule has 2 heterocycles. The van der Waals surface area contributed by atoms with Crippen LogP contribution in [0.4, 0.5) is 5.00 Å². The van der Waals surface area contributed by atoms with Crippen molar-refractivity contribution in [1.82, 2.24) is 0 Å². The van der Waals surface area contributed by atoms with E-state index in [0.717, 1.165) is 47.1 Å². The molecule has 1 aliphatic rings. The third-order valence-corrected chi connectivity index (χ3v) is 7.03. The fourth-order valence-electron chi connectivity index (χ4n) is 4.01. The normalized spacial score (nSPS) is 12.9. The van der Waals surface area contributed by atoms with E-state index in [1.807, 2.05) is 6.92 Å². The van der Waals surface area contributed by atoms with Gasteiger partial charge in [-0.1, -0.05) is 18.5 Å². The first kappa shape index (κ1) is 23.3. The second-order valence-electron chi connectivity index (χ2n) is 7.70. The standard InChI is InChI=1S/C24H24ClNO6S/c1-3-13-9-21(28)32-17-11-18(16(25)10-15(13)17)31-12-20(27)26-23-22(24(29)30-4-2)14-7-5-6-8-19(14)33-23/h9-11H,3-8,12H2,1-2H3,(H,26,27). The van der Waals surface area contributed by atoms with Crippen LogP contribution >= 0.6 is 22.9 Å². The van der Waals surface area contributed by atoms with Crippen LogP contribution < -0.4 is 15.7 Å². The minimum absolute atomic E-state index is 0.229. The lowest BCUT2D eigenvalue weighted by molar-refractivity contribution is -0.118. The van der Waals surface area contributed by atoms with Crippen molar-refractivity contribution in [2.75, 3.05) is 18.5 Å². The van der Waals surface area contributed by atoms with Gasteiger partial charge in [-0.25, -0.2) is 9.59 Å². The first-order valence-electron chi connectivity index (χ1n) is 10.9. The summed E-state index contributed by atoms with van der Waals surface area (Å²) in [6, 6.07) is 4.62. The molecular formula is C24H24ClNO6S. The number of hydrogen-bond donors (Lipinski definition) is 1. The number of aryl methyl sites for hydroxylation is 2. The van der Waals surface area contributed by atoms with Gasteiger partial charge in [0.05, 0.1) is 17.2 Å². The molecule has 0 saturated carbocycles. The molecule has 0 fully saturated rings. The van der Waals surface area contributed by atoms with Crippen LogP contribution in [0, 0.1) is 0 Å². The van der Waals surface area contributed by atoms with Crippen LogP contribution in [0.2, 0.25) is 5.02 Å². The van der Waals surface area contributed by atoms with Crippen LogP contribution in [0.15, 0.2) is 27.4 Å². The SMILES string of the molecule is CCOC(=O)c1c(NC(=O)COc2cc3oc(=O)cc(CC)c3cc2Cl)sc2c1CCCC2. The van der Waals surface area contributed by atoms with Gasteiger partial charge in [0.2, 0.25) is 0 Å². The maximum atomic E-state index is 12.7. The Morgan fingerprint density at radius 2 is 1.97 bits per heavy atom. The van der Waals surface area contributed by atoms with Crippen LogP contribution in [0.25, 0.3) is 11.0 Å². The van der Waals surface area contributed by atoms with E-state index in [2.05, 4.69) is 5.32 Å². The van der Waals surface area contributed by atoms with Gasteiger partial charge in [-0.2, -0.15) is 0 Å². The lowest BCUT2D eigenvalue weighted by Gasteiger charge is -2.12. The maximum Gasteiger partial charge on any atom is 0.341 e. The van der Waals surface area contributed by atoms with Gasteiger partial charge in [0.1, 0.15) is 16.3 Å². The third kappa shape index (κ3) is 4.91. The highest BCUT2D eigenvalue weighted by Crippen LogP contribution is 2.38. The highest BCUT2D eigenvalue weighted by molar-refractivity contribution is 7.17. The van der Waals surface area contributed by atoms with Gasteiger partial charge in [-0.15, -0.1) is 11.3 Å². The molecule has 1 aliphatic carbocycles. The zero-order valence-corrected chi connectivity index (χ0v) is 20.0. The molecular weight excluding hydrogens is 466 g/mol. The number of thiophene rings is 1. The zero-order valence-electron chi connectivity index (χ0n) is 18.4. The molecule has 7 nitrogen and oxygen atoms in total. The zero-order chi connectivity index (χ0) is 23.5. The summed E-state index contributed by atoms with van der Waals surface area (Å²) in [5.74, 6) is -0.627. The van der Waals surface area contributed by atoms with Gasteiger partial charge in [0.15, 0.2) is 6.61 Å². The number of ether oxygens (including phenoxy) is 2. The highest BCUT2D eigenvalue weighted by atomic mass is 35.5. The number of anilines is 1. The molecule has 1 amide bonds. The molecule has 0 spiro atoms. The van der Waals surface area contributed by atoms with Crippen molar-refractivity contribution < 1.29 is 23.5 Å². The van der Waals surface area contributed by atoms with Gasteiger partial charge >= 0.3 is 11.6 Å². The van der Waals surface area contributed by atoms with Gasteiger partial charge in [-0.3, -0.25) is 4.79 Å². The summed E-state index contributed by atoms with van der Waals surface area (Å²) < 4.78 is 16.1. The second kappa shape index (κ2) is 9.97. The Morgan fingerprint density at radius 3 is 2.73 bits per heavy atom. The Morgan fingerprint density at radius 1 is 1.18 bits per heavy atom. The van der Waals surface area contributed by atoms with Crippen LogP contribution in [0.5, 0.6) is 5.75 Å². The minimum atomic E-state index is -0.460. The van der Waals surface area contributed by atoms with E-state index >= 15 is 0 Å². The minimum Gasteiger partial charge on any atom is -0.482 e. The largest absolute Gasteiger partial charge is 0.482 e. The Bertz CT molecular complexity index is 1280. The Kier molecular flexibility index (Phi) is 7.05. The van der Waals surface area contributed by atoms with Crippen LogP contribution in [0.3, 0.4) is 0 Å². The summed E-state index contributed by atoms with van der Waals surface area (Å²) in [6.07, 6.45) is 4.39. The van der Waals surface area contributed by atoms with Crippen LogP contribution in [-0.2, 0) is 28.8 Å². The first-order chi connectivity index (χ1) is 15.9. The summed E-state index contributed by atoms with van der Waals surface area (Å²) in [4.78, 5) is 38.1. The number of nitrogens with one attached hydrogen (secondary N) is 1. The molecule has 0 saturated heterocycles. The van der Waals surface area contributed by atoms with Crippen molar-refractivity contribution in [3.8, 4) is 5.75 Å². The van der Waals surface area contributed by atoms with Crippen LogP contribution in [0.1, 0.15) is 53.1 Å². The number of hydrogen-bond acceptors (Lipinski definition) is 7. The molecule has 174 valence electrons. The summed E-state index contributed by atoms with van der Waals surface area (Å²) in [6.45, 7) is 3.62. The van der Waals surface area contributed by atoms with Gasteiger partial charge in [-0.05, 0) is 56.2 Å². The molecule has 2 aromatic heterocycles. The fraction of sp³-hybridized carbons (Fsp3) is 0.375. The van der Waals surface area contributed by atoms with E-state index in [0.29, 0.717) is 27.6 Å². The van der Waals surface area contributed by atoms with Gasteiger partial charge in [0, 0.05) is 22.4 Å². The Labute approximate surface area is 199 Å². The van der Waals surface area contributed by atoms with Crippen molar-refractivity contribution in [1.29, 1.82) is 0 Å². The first-order valence-corrected chi connectivity index (χ1v) is 12.1. The predicted octanol–water partition coefficient (Wildman–Crippen LogP) is 5.14. The predicted molar refractivity (Wildman–Crippen MR) is 128 cm³/mol. The van der Waals surface area contributed by atoms with E-state index in [-0.39, 0.29) is 19.0 Å². The maximum absolute atomic E-state index is 12.7. The number of halogens is 1. The molecule has 0 atom stereocenters. The van der Waals surface area contributed by atoms with Gasteiger partial charge < -0.3 is 19.2 Å². The summed E-state index contributed by atoms with van der Waals surface area (Å²) in [5.41, 5.74) is 2.12. The van der Waals surface area contributed by atoms with E-state index in [1.54, 1.807) is 13.0 Å². The molecule has 4 rings (SSSR count). The molecule has 1 N–H and O–H groups in total. The molecule has 9 heteroatoms. The molecule has 1 aromatic carbocycles. The molecule has 0 aliphatic heterocycles. The molecule has 3 aromatic rings. The van der Waals surface area contributed by atoms with Crippen molar-refractivity contribution in [3.63, 3.8) is 0 Å². The molecule has 33 heavy (non-hydrogen) atoms. The van der Waals surface area contributed by atoms with Crippen molar-refractivity contribution in [2.45, 2.75) is 46.0 Å². The number of carbonyl (C=O) groups is 2. The highest BCUT2D eigenvalue weighted by Gasteiger charge is 2.27. The van der Waals surface area contributed by atoms with Crippen LogP contribution in [-0.4, -0.2) is 25.1 Å². The summed E-state index contributed by atoms with van der Waals surface area (Å²) in [5, 5.41) is 4.31. The van der Waals surface area contributed by atoms with Crippen molar-refractivity contribution in [2.24, 2.45) is 0 Å². The third-order valence-electron chi connectivity index (χ3n) is 5.53. The fourth-order valence-corrected chi connectivity index (χ4v) is 5.52. The van der Waals surface area contributed by atoms with E-state index in [1.165, 1.54) is 23.5 Å². The number of amides is 1. The van der Waals surface area contributed by atoms with E-state index < -0.39 is 17.5 Å².